The number of hydrogen-bond acceptors (Lipinski definition) is 8. The van der Waals surface area contributed by atoms with Crippen molar-refractivity contribution >= 4 is 40.8 Å². The third-order valence-electron chi connectivity index (χ3n) is 9.81. The highest BCUT2D eigenvalue weighted by atomic mass is 32.2. The van der Waals surface area contributed by atoms with Crippen molar-refractivity contribution in [2.75, 3.05) is 6.54 Å². The van der Waals surface area contributed by atoms with Crippen molar-refractivity contribution in [1.82, 2.24) is 20.4 Å². The lowest BCUT2D eigenvalue weighted by Crippen LogP contribution is -2.57. The van der Waals surface area contributed by atoms with Crippen molar-refractivity contribution in [2.45, 2.75) is 119 Å². The molecule has 2 saturated carbocycles. The molecular weight excluding hydrogens is 695 g/mol. The first kappa shape index (κ1) is 38.2. The van der Waals surface area contributed by atoms with Gasteiger partial charge in [-0.15, -0.1) is 0 Å². The quantitative estimate of drug-likeness (QED) is 0.293. The second-order valence-electron chi connectivity index (χ2n) is 13.8. The molecule has 0 spiro atoms. The molecule has 3 fully saturated rings. The molecule has 5 aliphatic rings. The molecule has 1 aromatic rings. The summed E-state index contributed by atoms with van der Waals surface area (Å²) < 4.78 is 63.6. The van der Waals surface area contributed by atoms with Gasteiger partial charge in [0, 0.05) is 37.1 Å². The van der Waals surface area contributed by atoms with E-state index in [-0.39, 0.29) is 30.6 Å². The zero-order chi connectivity index (χ0) is 36.9. The highest BCUT2D eigenvalue weighted by molar-refractivity contribution is 7.80. The predicted octanol–water partition coefficient (Wildman–Crippen LogP) is 2.84. The van der Waals surface area contributed by atoms with Crippen LogP contribution in [0.5, 0.6) is 0 Å². The Labute approximate surface area is 296 Å². The molecular formula is C34H43F3N5O8S-. The Morgan fingerprint density at radius 3 is 2.35 bits per heavy atom. The Morgan fingerprint density at radius 1 is 1.08 bits per heavy atom. The molecule has 5 amide bonds. The fourth-order valence-corrected chi connectivity index (χ4v) is 7.18. The van der Waals surface area contributed by atoms with Gasteiger partial charge in [0.15, 0.2) is 0 Å². The zero-order valence-corrected chi connectivity index (χ0v) is 28.8. The Bertz CT molecular complexity index is 1530. The van der Waals surface area contributed by atoms with Crippen LogP contribution in [0.4, 0.5) is 18.0 Å². The number of nitrogens with zero attached hydrogens (tertiary/aromatic N) is 2. The van der Waals surface area contributed by atoms with Gasteiger partial charge in [0.2, 0.25) is 23.6 Å². The second kappa shape index (κ2) is 16.1. The summed E-state index contributed by atoms with van der Waals surface area (Å²) in [5.41, 5.74) is 6.35. The molecule has 6 atom stereocenters. The van der Waals surface area contributed by atoms with Gasteiger partial charge in [0.25, 0.3) is 0 Å². The van der Waals surface area contributed by atoms with Gasteiger partial charge in [-0.3, -0.25) is 28.3 Å². The third kappa shape index (κ3) is 10.1. The van der Waals surface area contributed by atoms with Gasteiger partial charge in [-0.25, -0.2) is 4.79 Å². The van der Waals surface area contributed by atoms with Crippen molar-refractivity contribution < 1.29 is 50.6 Å². The van der Waals surface area contributed by atoms with E-state index >= 15 is 0 Å². The number of primary amides is 1. The van der Waals surface area contributed by atoms with E-state index in [1.165, 1.54) is 9.80 Å². The standard InChI is InChI=1S/C31H38F3N5O6.C3H6O2S/c32-31(33,34)13-12-25(40)36-23-11-5-3-1-2-4-10-21-15-30(21,28(35)43)37-26(41)24-14-22(18-39(24)27(23)42)45-29(44)38-16-19-8-6-7-9-20(19)17-38;4-6(5)3-1-2-3/h4,6-10,21-24H,1-3,5,11-18H2,(H2,35,43)(H,36,40)(H,37,41);3H,1-2H2,(H,4,5)/p-1/b10-4-;/t21-,22-,23+,24+,30-;/m1./s1. The van der Waals surface area contributed by atoms with Crippen LogP contribution in [0.3, 0.4) is 0 Å². The monoisotopic (exact) mass is 738 g/mol. The Balaban J connectivity index is 0.000000761. The van der Waals surface area contributed by atoms with Gasteiger partial charge in [-0.2, -0.15) is 13.2 Å². The van der Waals surface area contributed by atoms with Gasteiger partial charge >= 0.3 is 12.3 Å². The Kier molecular flexibility index (Phi) is 12.1. The molecule has 3 heterocycles. The van der Waals surface area contributed by atoms with Crippen LogP contribution < -0.4 is 16.4 Å². The van der Waals surface area contributed by atoms with E-state index < -0.39 is 83.5 Å². The summed E-state index contributed by atoms with van der Waals surface area (Å²) in [4.78, 5) is 68.4. The van der Waals surface area contributed by atoms with Crippen molar-refractivity contribution in [3.63, 3.8) is 0 Å². The summed E-state index contributed by atoms with van der Waals surface area (Å²) in [6, 6.07) is 5.21. The lowest BCUT2D eigenvalue weighted by Gasteiger charge is -2.29. The van der Waals surface area contributed by atoms with Gasteiger partial charge < -0.3 is 30.6 Å². The molecule has 51 heavy (non-hydrogen) atoms. The molecule has 3 aliphatic heterocycles. The van der Waals surface area contributed by atoms with E-state index in [0.717, 1.165) is 30.4 Å². The van der Waals surface area contributed by atoms with Crippen molar-refractivity contribution in [3.05, 3.63) is 47.5 Å². The molecule has 4 N–H and O–H groups in total. The number of fused-ring (bicyclic) bond motifs is 3. The number of carbonyl (C=O) groups excluding carboxylic acids is 5. The molecule has 1 saturated heterocycles. The van der Waals surface area contributed by atoms with Crippen LogP contribution >= 0.6 is 0 Å². The lowest BCUT2D eigenvalue weighted by molar-refractivity contribution is -0.146. The lowest BCUT2D eigenvalue weighted by atomic mass is 10.0. The molecule has 17 heteroatoms. The van der Waals surface area contributed by atoms with E-state index in [2.05, 4.69) is 10.6 Å². The number of halogens is 3. The maximum Gasteiger partial charge on any atom is 0.410 e. The fourth-order valence-electron chi connectivity index (χ4n) is 6.65. The Morgan fingerprint density at radius 2 is 1.76 bits per heavy atom. The summed E-state index contributed by atoms with van der Waals surface area (Å²) in [6.07, 6.45) is 0.276. The predicted molar refractivity (Wildman–Crippen MR) is 176 cm³/mol. The zero-order valence-electron chi connectivity index (χ0n) is 28.0. The average molecular weight is 739 g/mol. The minimum absolute atomic E-state index is 0.0185. The van der Waals surface area contributed by atoms with Gasteiger partial charge in [0.1, 0.15) is 23.7 Å². The number of alkyl halides is 3. The van der Waals surface area contributed by atoms with Crippen LogP contribution in [0, 0.1) is 5.92 Å². The fraction of sp³-hybridized carbons (Fsp3) is 0.618. The number of amides is 5. The molecule has 1 aromatic carbocycles. The summed E-state index contributed by atoms with van der Waals surface area (Å²) in [6.45, 7) is 0.512. The normalized spacial score (nSPS) is 29.0. The molecule has 13 nitrogen and oxygen atoms in total. The number of rotatable bonds is 6. The first-order valence-electron chi connectivity index (χ1n) is 17.2. The first-order chi connectivity index (χ1) is 24.2. The highest BCUT2D eigenvalue weighted by Gasteiger charge is 2.60. The number of ether oxygens (including phenoxy) is 1. The molecule has 0 aromatic heterocycles. The van der Waals surface area contributed by atoms with E-state index in [1.807, 2.05) is 36.4 Å². The largest absolute Gasteiger partial charge is 0.772 e. The number of benzene rings is 1. The molecule has 280 valence electrons. The SMILES string of the molecule is NC(=O)[C@@]12C[C@H]1/C=C\CCCCC[C@H](NC(=O)CCC(F)(F)F)C(=O)N1C[C@H](OC(=O)N3Cc4ccccc4C3)C[C@H]1C(=O)N2.O=S([O-])C1CC1. The Hall–Kier alpha value is -3.99. The third-order valence-corrected chi connectivity index (χ3v) is 10.8. The van der Waals surface area contributed by atoms with E-state index in [0.29, 0.717) is 38.8 Å². The van der Waals surface area contributed by atoms with E-state index in [4.69, 9.17) is 10.5 Å². The van der Waals surface area contributed by atoms with Crippen LogP contribution in [-0.2, 0) is 48.1 Å². The first-order valence-corrected chi connectivity index (χ1v) is 18.4. The topological polar surface area (TPSA) is 191 Å². The number of hydrogen-bond donors (Lipinski definition) is 3. The number of nitrogens with one attached hydrogen (secondary N) is 2. The van der Waals surface area contributed by atoms with Crippen molar-refractivity contribution in [3.8, 4) is 0 Å². The van der Waals surface area contributed by atoms with Crippen LogP contribution in [0.2, 0.25) is 0 Å². The minimum Gasteiger partial charge on any atom is -0.772 e. The average Bonchev–Trinajstić information content (AvgIpc) is 3.96. The highest BCUT2D eigenvalue weighted by Crippen LogP contribution is 2.45. The molecule has 0 radical (unpaired) electrons. The van der Waals surface area contributed by atoms with Gasteiger partial charge in [0.05, 0.1) is 13.0 Å². The molecule has 0 bridgehead atoms. The summed E-state index contributed by atoms with van der Waals surface area (Å²) in [7, 11) is 0. The number of carbonyl (C=O) groups is 5. The number of allylic oxidation sites excluding steroid dienone is 1. The maximum atomic E-state index is 13.9. The van der Waals surface area contributed by atoms with Crippen molar-refractivity contribution in [1.29, 1.82) is 0 Å². The van der Waals surface area contributed by atoms with Crippen molar-refractivity contribution in [2.24, 2.45) is 11.7 Å². The maximum absolute atomic E-state index is 13.9. The van der Waals surface area contributed by atoms with Crippen LogP contribution in [0.25, 0.3) is 0 Å². The van der Waals surface area contributed by atoms with E-state index in [1.54, 1.807) is 0 Å². The van der Waals surface area contributed by atoms with Crippen LogP contribution in [-0.4, -0.2) is 90.0 Å². The second-order valence-corrected chi connectivity index (χ2v) is 15.0. The smallest absolute Gasteiger partial charge is 0.410 e. The number of nitrogens with two attached hydrogens (primary N) is 1. The summed E-state index contributed by atoms with van der Waals surface area (Å²) >= 11 is -1.76. The van der Waals surface area contributed by atoms with Gasteiger partial charge in [-0.05, 0) is 49.7 Å². The molecule has 6 rings (SSSR count). The van der Waals surface area contributed by atoms with Crippen LogP contribution in [0.1, 0.15) is 81.8 Å². The van der Waals surface area contributed by atoms with Crippen LogP contribution in [0.15, 0.2) is 36.4 Å². The van der Waals surface area contributed by atoms with E-state index in [9.17, 15) is 45.9 Å². The molecule has 2 aliphatic carbocycles. The summed E-state index contributed by atoms with van der Waals surface area (Å²) in [5.74, 6) is -3.28. The minimum atomic E-state index is -4.54. The summed E-state index contributed by atoms with van der Waals surface area (Å²) in [5, 5.41) is 5.21. The van der Waals surface area contributed by atoms with Gasteiger partial charge in [-0.1, -0.05) is 60.3 Å². The molecule has 1 unspecified atom stereocenters.